The molecule has 0 saturated heterocycles. The number of rotatable bonds is 4. The van der Waals surface area contributed by atoms with E-state index in [0.717, 1.165) is 18.6 Å². The van der Waals surface area contributed by atoms with Crippen molar-refractivity contribution in [3.05, 3.63) is 30.3 Å². The largest absolute Gasteiger partial charge is 0.488 e. The SMILES string of the molecule is CCCC(C)(C)Oc1ccccc1. The molecule has 1 nitrogen and oxygen atoms in total. The van der Waals surface area contributed by atoms with Crippen LogP contribution in [0.5, 0.6) is 5.75 Å². The Kier molecular flexibility index (Phi) is 3.35. The van der Waals surface area contributed by atoms with Gasteiger partial charge in [-0.25, -0.2) is 0 Å². The predicted molar refractivity (Wildman–Crippen MR) is 56.1 cm³/mol. The van der Waals surface area contributed by atoms with Crippen molar-refractivity contribution in [2.45, 2.75) is 39.2 Å². The van der Waals surface area contributed by atoms with Crippen LogP contribution in [0.4, 0.5) is 0 Å². The van der Waals surface area contributed by atoms with Gasteiger partial charge in [-0.15, -0.1) is 0 Å². The molecule has 0 unspecified atom stereocenters. The Morgan fingerprint density at radius 3 is 2.31 bits per heavy atom. The highest BCUT2D eigenvalue weighted by Crippen LogP contribution is 2.21. The van der Waals surface area contributed by atoms with Gasteiger partial charge in [-0.3, -0.25) is 0 Å². The fourth-order valence-corrected chi connectivity index (χ4v) is 1.46. The molecule has 72 valence electrons. The van der Waals surface area contributed by atoms with Crippen LogP contribution in [-0.2, 0) is 0 Å². The molecular formula is C12H18O. The molecule has 1 heteroatoms. The Hall–Kier alpha value is -0.980. The Morgan fingerprint density at radius 2 is 1.77 bits per heavy atom. The van der Waals surface area contributed by atoms with Gasteiger partial charge >= 0.3 is 0 Å². The third-order valence-electron chi connectivity index (χ3n) is 1.99. The normalized spacial score (nSPS) is 11.3. The van der Waals surface area contributed by atoms with E-state index in [1.54, 1.807) is 0 Å². The summed E-state index contributed by atoms with van der Waals surface area (Å²) < 4.78 is 5.84. The molecule has 1 aromatic rings. The minimum absolute atomic E-state index is 0.0455. The molecular weight excluding hydrogens is 160 g/mol. The number of hydrogen-bond donors (Lipinski definition) is 0. The van der Waals surface area contributed by atoms with Crippen molar-refractivity contribution in [1.82, 2.24) is 0 Å². The fourth-order valence-electron chi connectivity index (χ4n) is 1.46. The van der Waals surface area contributed by atoms with Gasteiger partial charge in [-0.1, -0.05) is 31.5 Å². The molecule has 0 saturated carbocycles. The zero-order valence-electron chi connectivity index (χ0n) is 8.71. The van der Waals surface area contributed by atoms with E-state index in [1.807, 2.05) is 30.3 Å². The summed E-state index contributed by atoms with van der Waals surface area (Å²) in [7, 11) is 0. The number of benzene rings is 1. The molecule has 0 fully saturated rings. The zero-order chi connectivity index (χ0) is 9.73. The maximum absolute atomic E-state index is 5.84. The summed E-state index contributed by atoms with van der Waals surface area (Å²) in [4.78, 5) is 0. The molecule has 0 N–H and O–H groups in total. The Morgan fingerprint density at radius 1 is 1.15 bits per heavy atom. The van der Waals surface area contributed by atoms with Crippen LogP contribution in [0.2, 0.25) is 0 Å². The third-order valence-corrected chi connectivity index (χ3v) is 1.99. The summed E-state index contributed by atoms with van der Waals surface area (Å²) in [5, 5.41) is 0. The highest BCUT2D eigenvalue weighted by molar-refractivity contribution is 5.21. The van der Waals surface area contributed by atoms with Crippen molar-refractivity contribution < 1.29 is 4.74 Å². The summed E-state index contributed by atoms with van der Waals surface area (Å²) >= 11 is 0. The molecule has 1 rings (SSSR count). The van der Waals surface area contributed by atoms with Crippen molar-refractivity contribution in [2.75, 3.05) is 0 Å². The van der Waals surface area contributed by atoms with Gasteiger partial charge in [-0.05, 0) is 32.4 Å². The van der Waals surface area contributed by atoms with E-state index in [9.17, 15) is 0 Å². The van der Waals surface area contributed by atoms with E-state index >= 15 is 0 Å². The summed E-state index contributed by atoms with van der Waals surface area (Å²) in [6.07, 6.45) is 2.24. The molecule has 0 radical (unpaired) electrons. The van der Waals surface area contributed by atoms with Crippen LogP contribution < -0.4 is 4.74 Å². The van der Waals surface area contributed by atoms with Gasteiger partial charge in [0, 0.05) is 0 Å². The Labute approximate surface area is 80.7 Å². The minimum atomic E-state index is -0.0455. The minimum Gasteiger partial charge on any atom is -0.488 e. The van der Waals surface area contributed by atoms with Crippen LogP contribution in [0.1, 0.15) is 33.6 Å². The Bertz CT molecular complexity index is 239. The molecule has 0 bridgehead atoms. The standard InChI is InChI=1S/C12H18O/c1-4-10-12(2,3)13-11-8-6-5-7-9-11/h5-9H,4,10H2,1-3H3. The van der Waals surface area contributed by atoms with Gasteiger partial charge in [0.05, 0.1) is 0 Å². The van der Waals surface area contributed by atoms with Crippen molar-refractivity contribution in [2.24, 2.45) is 0 Å². The van der Waals surface area contributed by atoms with Crippen molar-refractivity contribution >= 4 is 0 Å². The van der Waals surface area contributed by atoms with Crippen molar-refractivity contribution in [3.63, 3.8) is 0 Å². The molecule has 1 aromatic carbocycles. The first kappa shape index (κ1) is 10.1. The molecule has 0 spiro atoms. The molecule has 0 aromatic heterocycles. The first-order valence-electron chi connectivity index (χ1n) is 4.88. The Balaban J connectivity index is 2.58. The summed E-state index contributed by atoms with van der Waals surface area (Å²) in [5.74, 6) is 0.959. The molecule has 13 heavy (non-hydrogen) atoms. The lowest BCUT2D eigenvalue weighted by molar-refractivity contribution is 0.0986. The lowest BCUT2D eigenvalue weighted by Gasteiger charge is -2.25. The van der Waals surface area contributed by atoms with E-state index in [-0.39, 0.29) is 5.60 Å². The second-order valence-electron chi connectivity index (χ2n) is 3.92. The van der Waals surface area contributed by atoms with Crippen LogP contribution in [0, 0.1) is 0 Å². The average Bonchev–Trinajstić information content (AvgIpc) is 2.04. The third kappa shape index (κ3) is 3.49. The van der Waals surface area contributed by atoms with E-state index in [2.05, 4.69) is 20.8 Å². The first-order chi connectivity index (χ1) is 6.14. The maximum Gasteiger partial charge on any atom is 0.120 e. The monoisotopic (exact) mass is 178 g/mol. The summed E-state index contributed by atoms with van der Waals surface area (Å²) in [6.45, 7) is 6.43. The molecule has 0 atom stereocenters. The number of ether oxygens (including phenoxy) is 1. The quantitative estimate of drug-likeness (QED) is 0.684. The van der Waals surface area contributed by atoms with E-state index in [0.29, 0.717) is 0 Å². The van der Waals surface area contributed by atoms with Gasteiger partial charge in [0.15, 0.2) is 0 Å². The molecule has 0 aliphatic heterocycles. The van der Waals surface area contributed by atoms with E-state index < -0.39 is 0 Å². The molecule has 0 heterocycles. The van der Waals surface area contributed by atoms with E-state index in [1.165, 1.54) is 0 Å². The lowest BCUT2D eigenvalue weighted by atomic mass is 10.0. The van der Waals surface area contributed by atoms with Crippen LogP contribution in [-0.4, -0.2) is 5.60 Å². The van der Waals surface area contributed by atoms with Crippen LogP contribution in [0.15, 0.2) is 30.3 Å². The maximum atomic E-state index is 5.84. The van der Waals surface area contributed by atoms with Gasteiger partial charge in [0.2, 0.25) is 0 Å². The fraction of sp³-hybridized carbons (Fsp3) is 0.500. The number of hydrogen-bond acceptors (Lipinski definition) is 1. The molecule has 0 amide bonds. The van der Waals surface area contributed by atoms with Crippen molar-refractivity contribution in [3.8, 4) is 5.75 Å². The summed E-state index contributed by atoms with van der Waals surface area (Å²) in [5.41, 5.74) is -0.0455. The van der Waals surface area contributed by atoms with Gasteiger partial charge in [0.1, 0.15) is 11.4 Å². The highest BCUT2D eigenvalue weighted by Gasteiger charge is 2.17. The first-order valence-corrected chi connectivity index (χ1v) is 4.88. The smallest absolute Gasteiger partial charge is 0.120 e. The number of para-hydroxylation sites is 1. The average molecular weight is 178 g/mol. The second-order valence-corrected chi connectivity index (χ2v) is 3.92. The van der Waals surface area contributed by atoms with Gasteiger partial charge in [0.25, 0.3) is 0 Å². The topological polar surface area (TPSA) is 9.23 Å². The van der Waals surface area contributed by atoms with Crippen LogP contribution in [0.3, 0.4) is 0 Å². The van der Waals surface area contributed by atoms with Gasteiger partial charge < -0.3 is 4.74 Å². The highest BCUT2D eigenvalue weighted by atomic mass is 16.5. The van der Waals surface area contributed by atoms with Crippen LogP contribution in [0.25, 0.3) is 0 Å². The summed E-state index contributed by atoms with van der Waals surface area (Å²) in [6, 6.07) is 9.99. The zero-order valence-corrected chi connectivity index (χ0v) is 8.71. The van der Waals surface area contributed by atoms with Crippen LogP contribution >= 0.6 is 0 Å². The second kappa shape index (κ2) is 4.31. The van der Waals surface area contributed by atoms with E-state index in [4.69, 9.17) is 4.74 Å². The molecule has 0 aliphatic rings. The predicted octanol–water partition coefficient (Wildman–Crippen LogP) is 3.64. The van der Waals surface area contributed by atoms with Gasteiger partial charge in [-0.2, -0.15) is 0 Å². The van der Waals surface area contributed by atoms with Crippen molar-refractivity contribution in [1.29, 1.82) is 0 Å². The molecule has 0 aliphatic carbocycles. The lowest BCUT2D eigenvalue weighted by Crippen LogP contribution is -2.27.